The van der Waals surface area contributed by atoms with E-state index in [2.05, 4.69) is 52.1 Å². The van der Waals surface area contributed by atoms with Crippen molar-refractivity contribution in [1.82, 2.24) is 10.6 Å². The van der Waals surface area contributed by atoms with Gasteiger partial charge in [0.15, 0.2) is 5.96 Å². The second-order valence-electron chi connectivity index (χ2n) is 7.07. The molecular weight excluding hydrogens is 384 g/mol. The number of rotatable bonds is 8. The maximum absolute atomic E-state index is 5.41. The van der Waals surface area contributed by atoms with Crippen LogP contribution < -0.4 is 25.0 Å². The summed E-state index contributed by atoms with van der Waals surface area (Å²) in [6, 6.07) is 10.8. The van der Waals surface area contributed by atoms with Gasteiger partial charge in [0.2, 0.25) is 0 Å². The lowest BCUT2D eigenvalue weighted by atomic mass is 10.0. The summed E-state index contributed by atoms with van der Waals surface area (Å²) >= 11 is 1.79. The summed E-state index contributed by atoms with van der Waals surface area (Å²) in [4.78, 5) is 8.53. The van der Waals surface area contributed by atoms with Crippen molar-refractivity contribution >= 4 is 23.0 Å². The van der Waals surface area contributed by atoms with E-state index in [0.29, 0.717) is 6.04 Å². The Bertz CT molecular complexity index is 749. The van der Waals surface area contributed by atoms with Gasteiger partial charge < -0.3 is 25.0 Å². The number of hydrogen-bond donors (Lipinski definition) is 2. The van der Waals surface area contributed by atoms with Crippen molar-refractivity contribution < 1.29 is 9.47 Å². The van der Waals surface area contributed by atoms with E-state index in [4.69, 9.17) is 14.5 Å². The quantitative estimate of drug-likeness (QED) is 0.509. The highest BCUT2D eigenvalue weighted by atomic mass is 32.1. The normalized spacial score (nSPS) is 15.3. The van der Waals surface area contributed by atoms with E-state index < -0.39 is 0 Å². The van der Waals surface area contributed by atoms with E-state index in [-0.39, 0.29) is 0 Å². The summed E-state index contributed by atoms with van der Waals surface area (Å²) in [5, 5.41) is 9.12. The van der Waals surface area contributed by atoms with Crippen LogP contribution in [0.15, 0.2) is 40.7 Å². The third kappa shape index (κ3) is 6.29. The number of benzene rings is 1. The second kappa shape index (κ2) is 11.0. The van der Waals surface area contributed by atoms with Crippen molar-refractivity contribution in [2.45, 2.75) is 32.2 Å². The maximum atomic E-state index is 5.41. The predicted octanol–water partition coefficient (Wildman–Crippen LogP) is 3.53. The first kappa shape index (κ1) is 21.3. The third-order valence-corrected chi connectivity index (χ3v) is 6.03. The molecule has 0 unspecified atom stereocenters. The van der Waals surface area contributed by atoms with Crippen LogP contribution in [0.4, 0.5) is 5.69 Å². The Labute approximate surface area is 177 Å². The summed E-state index contributed by atoms with van der Waals surface area (Å²) in [5.74, 6) is 2.57. The summed E-state index contributed by atoms with van der Waals surface area (Å²) in [6.45, 7) is 5.76. The minimum Gasteiger partial charge on any atom is -0.497 e. The zero-order valence-corrected chi connectivity index (χ0v) is 18.4. The highest BCUT2D eigenvalue weighted by molar-refractivity contribution is 7.09. The van der Waals surface area contributed by atoms with Gasteiger partial charge in [0.25, 0.3) is 0 Å². The third-order valence-electron chi connectivity index (χ3n) is 5.09. The zero-order chi connectivity index (χ0) is 20.5. The van der Waals surface area contributed by atoms with Gasteiger partial charge in [-0.1, -0.05) is 6.07 Å². The number of guanidine groups is 1. The van der Waals surface area contributed by atoms with Gasteiger partial charge in [-0.15, -0.1) is 11.3 Å². The molecule has 1 fully saturated rings. The zero-order valence-electron chi connectivity index (χ0n) is 17.6. The Hall–Kier alpha value is -2.41. The molecule has 1 saturated heterocycles. The molecule has 0 spiro atoms. The van der Waals surface area contributed by atoms with Crippen LogP contribution in [0.25, 0.3) is 0 Å². The Kier molecular flexibility index (Phi) is 8.04. The summed E-state index contributed by atoms with van der Waals surface area (Å²) in [7, 11) is 3.38. The number of nitrogens with zero attached hydrogens (tertiary/aromatic N) is 2. The lowest BCUT2D eigenvalue weighted by Crippen LogP contribution is -2.48. The smallest absolute Gasteiger partial charge is 0.191 e. The molecule has 1 aliphatic heterocycles. The molecule has 0 bridgehead atoms. The Balaban J connectivity index is 1.53. The van der Waals surface area contributed by atoms with Gasteiger partial charge in [0, 0.05) is 67.4 Å². The Morgan fingerprint density at radius 1 is 1.17 bits per heavy atom. The van der Waals surface area contributed by atoms with Gasteiger partial charge in [-0.3, -0.25) is 4.99 Å². The van der Waals surface area contributed by atoms with E-state index >= 15 is 0 Å². The van der Waals surface area contributed by atoms with Crippen molar-refractivity contribution in [2.75, 3.05) is 45.3 Å². The van der Waals surface area contributed by atoms with Gasteiger partial charge in [0.1, 0.15) is 11.5 Å². The van der Waals surface area contributed by atoms with Crippen LogP contribution in [0.5, 0.6) is 11.5 Å². The fraction of sp³-hybridized carbons (Fsp3) is 0.500. The summed E-state index contributed by atoms with van der Waals surface area (Å²) in [5.41, 5.74) is 1.15. The number of nitrogens with one attached hydrogen (secondary N) is 2. The van der Waals surface area contributed by atoms with E-state index in [1.807, 2.05) is 6.07 Å². The average Bonchev–Trinajstić information content (AvgIpc) is 3.27. The standard InChI is InChI=1S/C22H32N4O2S/c1-4-23-22(24-10-7-21-6-5-13-29-21)25-17-8-11-26(12-9-17)18-14-19(27-2)16-20(15-18)28-3/h5-6,13-17H,4,7-12H2,1-3H3,(H2,23,24,25). The number of methoxy groups -OCH3 is 2. The van der Waals surface area contributed by atoms with Crippen LogP contribution in [0, 0.1) is 0 Å². The van der Waals surface area contributed by atoms with Gasteiger partial charge >= 0.3 is 0 Å². The number of hydrogen-bond acceptors (Lipinski definition) is 5. The molecule has 7 heteroatoms. The molecule has 0 amide bonds. The van der Waals surface area contributed by atoms with Crippen molar-refractivity contribution in [1.29, 1.82) is 0 Å². The van der Waals surface area contributed by atoms with Gasteiger partial charge in [0.05, 0.1) is 14.2 Å². The molecule has 158 valence electrons. The Morgan fingerprint density at radius 3 is 2.48 bits per heavy atom. The van der Waals surface area contributed by atoms with E-state index in [1.165, 1.54) is 4.88 Å². The minimum absolute atomic E-state index is 0.429. The van der Waals surface area contributed by atoms with Crippen LogP contribution in [-0.2, 0) is 6.42 Å². The van der Waals surface area contributed by atoms with Crippen molar-refractivity contribution in [3.8, 4) is 11.5 Å². The molecule has 0 aliphatic carbocycles. The molecule has 29 heavy (non-hydrogen) atoms. The molecule has 6 nitrogen and oxygen atoms in total. The van der Waals surface area contributed by atoms with Gasteiger partial charge in [-0.2, -0.15) is 0 Å². The number of aliphatic imine (C=N–C) groups is 1. The van der Waals surface area contributed by atoms with Crippen LogP contribution in [0.2, 0.25) is 0 Å². The molecule has 2 N–H and O–H groups in total. The fourth-order valence-corrected chi connectivity index (χ4v) is 4.20. The second-order valence-corrected chi connectivity index (χ2v) is 8.10. The molecule has 0 radical (unpaired) electrons. The SMILES string of the molecule is CCNC(=NCCc1cccs1)NC1CCN(c2cc(OC)cc(OC)c2)CC1. The highest BCUT2D eigenvalue weighted by Gasteiger charge is 2.21. The van der Waals surface area contributed by atoms with E-state index in [0.717, 1.165) is 68.6 Å². The molecule has 2 heterocycles. The monoisotopic (exact) mass is 416 g/mol. The van der Waals surface area contributed by atoms with E-state index in [9.17, 15) is 0 Å². The fourth-order valence-electron chi connectivity index (χ4n) is 3.50. The first-order valence-corrected chi connectivity index (χ1v) is 11.1. The molecule has 1 aromatic carbocycles. The number of anilines is 1. The molecule has 2 aromatic rings. The molecule has 1 aliphatic rings. The topological polar surface area (TPSA) is 58.1 Å². The molecule has 0 saturated carbocycles. The molecular formula is C22H32N4O2S. The summed E-state index contributed by atoms with van der Waals surface area (Å²) in [6.07, 6.45) is 3.12. The van der Waals surface area contributed by atoms with Crippen molar-refractivity contribution in [2.24, 2.45) is 4.99 Å². The first-order valence-electron chi connectivity index (χ1n) is 10.3. The number of piperidine rings is 1. The van der Waals surface area contributed by atoms with Gasteiger partial charge in [-0.25, -0.2) is 0 Å². The number of ether oxygens (including phenoxy) is 2. The molecule has 0 atom stereocenters. The van der Waals surface area contributed by atoms with E-state index in [1.54, 1.807) is 25.6 Å². The average molecular weight is 417 g/mol. The van der Waals surface area contributed by atoms with Crippen LogP contribution in [0.3, 0.4) is 0 Å². The molecule has 3 rings (SSSR count). The first-order chi connectivity index (χ1) is 14.2. The minimum atomic E-state index is 0.429. The maximum Gasteiger partial charge on any atom is 0.191 e. The van der Waals surface area contributed by atoms with Crippen LogP contribution in [0.1, 0.15) is 24.6 Å². The Morgan fingerprint density at radius 2 is 1.90 bits per heavy atom. The van der Waals surface area contributed by atoms with Crippen LogP contribution in [-0.4, -0.2) is 52.4 Å². The lowest BCUT2D eigenvalue weighted by Gasteiger charge is -2.34. The van der Waals surface area contributed by atoms with Crippen molar-refractivity contribution in [3.05, 3.63) is 40.6 Å². The number of thiophene rings is 1. The van der Waals surface area contributed by atoms with Gasteiger partial charge in [-0.05, 0) is 31.2 Å². The van der Waals surface area contributed by atoms with Crippen LogP contribution >= 0.6 is 11.3 Å². The highest BCUT2D eigenvalue weighted by Crippen LogP contribution is 2.30. The molecule has 1 aromatic heterocycles. The largest absolute Gasteiger partial charge is 0.497 e. The summed E-state index contributed by atoms with van der Waals surface area (Å²) < 4.78 is 10.8. The lowest BCUT2D eigenvalue weighted by molar-refractivity contribution is 0.393. The predicted molar refractivity (Wildman–Crippen MR) is 122 cm³/mol. The van der Waals surface area contributed by atoms with Crippen molar-refractivity contribution in [3.63, 3.8) is 0 Å².